The lowest BCUT2D eigenvalue weighted by Crippen LogP contribution is -2.56. The number of anilines is 1. The van der Waals surface area contributed by atoms with Crippen LogP contribution in [0.25, 0.3) is 0 Å². The first-order valence-corrected chi connectivity index (χ1v) is 10.1. The maximum Gasteiger partial charge on any atom is 0.414 e. The van der Waals surface area contributed by atoms with Crippen molar-refractivity contribution in [2.24, 2.45) is 17.8 Å². The number of nitrogens with zero attached hydrogens (tertiary/aromatic N) is 1. The Morgan fingerprint density at radius 2 is 1.86 bits per heavy atom. The third kappa shape index (κ3) is 4.21. The number of hydrogen-bond acceptors (Lipinski definition) is 2. The van der Waals surface area contributed by atoms with Gasteiger partial charge in [-0.2, -0.15) is 13.2 Å². The summed E-state index contributed by atoms with van der Waals surface area (Å²) in [7, 11) is 0. The monoisotopic (exact) mass is 438 g/mol. The van der Waals surface area contributed by atoms with Gasteiger partial charge in [0, 0.05) is 12.6 Å². The molecule has 2 aliphatic rings. The topological polar surface area (TPSA) is 52.6 Å². The van der Waals surface area contributed by atoms with E-state index in [-0.39, 0.29) is 23.9 Å². The van der Waals surface area contributed by atoms with Gasteiger partial charge < -0.3 is 15.3 Å². The Morgan fingerprint density at radius 3 is 2.46 bits per heavy atom. The number of likely N-dealkylation sites (tertiary alicyclic amines) is 1. The van der Waals surface area contributed by atoms with E-state index in [2.05, 4.69) is 5.32 Å². The Labute approximate surface area is 172 Å². The van der Waals surface area contributed by atoms with Gasteiger partial charge in [0.25, 0.3) is 0 Å². The maximum absolute atomic E-state index is 13.1. The molecule has 0 bridgehead atoms. The van der Waals surface area contributed by atoms with Crippen molar-refractivity contribution in [1.29, 1.82) is 0 Å². The van der Waals surface area contributed by atoms with Crippen LogP contribution in [-0.2, 0) is 0 Å². The second-order valence-corrected chi connectivity index (χ2v) is 8.47. The molecule has 0 aromatic heterocycles. The van der Waals surface area contributed by atoms with Crippen molar-refractivity contribution in [1.82, 2.24) is 4.90 Å². The van der Waals surface area contributed by atoms with Crippen LogP contribution >= 0.6 is 23.2 Å². The summed E-state index contributed by atoms with van der Waals surface area (Å²) in [6.07, 6.45) is -4.80. The second kappa shape index (κ2) is 8.28. The highest BCUT2D eigenvalue weighted by Gasteiger charge is 2.51. The molecule has 2 N–H and O–H groups in total. The number of nitrogens with one attached hydrogen (secondary N) is 1. The first kappa shape index (κ1) is 21.5. The van der Waals surface area contributed by atoms with Crippen LogP contribution in [0.15, 0.2) is 18.2 Å². The minimum Gasteiger partial charge on any atom is -0.383 e. The van der Waals surface area contributed by atoms with E-state index in [1.165, 1.54) is 0 Å². The van der Waals surface area contributed by atoms with Crippen LogP contribution in [0.1, 0.15) is 32.6 Å². The summed E-state index contributed by atoms with van der Waals surface area (Å²) in [5.41, 5.74) is 0.319. The quantitative estimate of drug-likeness (QED) is 0.633. The van der Waals surface area contributed by atoms with E-state index in [4.69, 9.17) is 23.2 Å². The molecule has 1 saturated carbocycles. The fourth-order valence-corrected chi connectivity index (χ4v) is 5.29. The highest BCUT2D eigenvalue weighted by Crippen LogP contribution is 2.47. The number of amides is 2. The second-order valence-electron chi connectivity index (χ2n) is 7.66. The summed E-state index contributed by atoms with van der Waals surface area (Å²) >= 11 is 12.2. The van der Waals surface area contributed by atoms with Gasteiger partial charge in [-0.25, -0.2) is 4.79 Å². The first-order chi connectivity index (χ1) is 13.1. The Morgan fingerprint density at radius 1 is 1.21 bits per heavy atom. The van der Waals surface area contributed by atoms with Crippen LogP contribution in [0.5, 0.6) is 0 Å². The number of halogens is 5. The molecular weight excluding hydrogens is 416 g/mol. The molecule has 1 aromatic rings. The van der Waals surface area contributed by atoms with Gasteiger partial charge in [-0.15, -0.1) is 0 Å². The Hall–Kier alpha value is -1.18. The number of para-hydroxylation sites is 1. The Balaban J connectivity index is 1.73. The van der Waals surface area contributed by atoms with Crippen molar-refractivity contribution < 1.29 is 23.1 Å². The van der Waals surface area contributed by atoms with E-state index >= 15 is 0 Å². The van der Waals surface area contributed by atoms with Crippen molar-refractivity contribution in [3.63, 3.8) is 0 Å². The summed E-state index contributed by atoms with van der Waals surface area (Å²) in [5.74, 6) is -1.16. The minimum absolute atomic E-state index is 0.0861. The number of piperidine rings is 1. The summed E-state index contributed by atoms with van der Waals surface area (Å²) in [4.78, 5) is 14.4. The molecule has 1 aromatic carbocycles. The van der Waals surface area contributed by atoms with Crippen LogP contribution in [0.2, 0.25) is 10.0 Å². The van der Waals surface area contributed by atoms with Gasteiger partial charge in [-0.1, -0.05) is 35.7 Å². The Kier molecular flexibility index (Phi) is 6.37. The average Bonchev–Trinajstić information content (AvgIpc) is 2.63. The molecule has 5 atom stereocenters. The van der Waals surface area contributed by atoms with E-state index < -0.39 is 18.2 Å². The summed E-state index contributed by atoms with van der Waals surface area (Å²) in [6.45, 7) is 2.17. The first-order valence-electron chi connectivity index (χ1n) is 9.37. The predicted molar refractivity (Wildman–Crippen MR) is 103 cm³/mol. The number of carbonyl (C=O) groups excluding carboxylic acids is 1. The number of hydrogen-bond donors (Lipinski definition) is 2. The van der Waals surface area contributed by atoms with Crippen molar-refractivity contribution in [2.75, 3.05) is 11.9 Å². The van der Waals surface area contributed by atoms with Crippen LogP contribution in [0, 0.1) is 17.8 Å². The van der Waals surface area contributed by atoms with Crippen LogP contribution in [0.4, 0.5) is 23.7 Å². The van der Waals surface area contributed by atoms with Gasteiger partial charge in [-0.3, -0.25) is 0 Å². The SMILES string of the molecule is C[C@H]1[C@H]2CCC[C@@H](C(O)C(F)(F)F)[C@@H]2CCN1C(=O)Nc1c(Cl)cccc1Cl. The van der Waals surface area contributed by atoms with Crippen molar-refractivity contribution >= 4 is 34.9 Å². The van der Waals surface area contributed by atoms with Gasteiger partial charge in [0.05, 0.1) is 15.7 Å². The molecule has 1 aliphatic carbocycles. The van der Waals surface area contributed by atoms with E-state index in [1.807, 2.05) is 6.92 Å². The van der Waals surface area contributed by atoms with Crippen LogP contribution < -0.4 is 5.32 Å². The third-order valence-corrected chi connectivity index (χ3v) is 6.82. The highest BCUT2D eigenvalue weighted by molar-refractivity contribution is 6.39. The van der Waals surface area contributed by atoms with E-state index in [0.717, 1.165) is 6.42 Å². The molecule has 3 rings (SSSR count). The summed E-state index contributed by atoms with van der Waals surface area (Å²) < 4.78 is 39.2. The molecule has 2 fully saturated rings. The molecule has 9 heteroatoms. The normalized spacial score (nSPS) is 29.2. The fourth-order valence-electron chi connectivity index (χ4n) is 4.80. The number of carbonyl (C=O) groups is 1. The standard InChI is InChI=1S/C19H23Cl2F3N2O2/c1-10-11-4-2-5-13(17(27)19(22,23)24)12(11)8-9-26(10)18(28)25-16-14(20)6-3-7-15(16)21/h3,6-7,10-13,17,27H,2,4-5,8-9H2,1H3,(H,25,28)/t10-,11+,12+,13+,17?/m0/s1. The van der Waals surface area contributed by atoms with Gasteiger partial charge in [0.2, 0.25) is 0 Å². The lowest BCUT2D eigenvalue weighted by atomic mass is 9.64. The Bertz CT molecular complexity index is 711. The van der Waals surface area contributed by atoms with Gasteiger partial charge >= 0.3 is 12.2 Å². The molecular formula is C19H23Cl2F3N2O2. The predicted octanol–water partition coefficient (Wildman–Crippen LogP) is 5.58. The molecule has 156 valence electrons. The molecule has 0 spiro atoms. The lowest BCUT2D eigenvalue weighted by Gasteiger charge is -2.50. The number of rotatable bonds is 2. The van der Waals surface area contributed by atoms with Gasteiger partial charge in [0.15, 0.2) is 6.10 Å². The highest BCUT2D eigenvalue weighted by atomic mass is 35.5. The molecule has 1 unspecified atom stereocenters. The van der Waals surface area contributed by atoms with Crippen molar-refractivity contribution in [3.05, 3.63) is 28.2 Å². The van der Waals surface area contributed by atoms with Gasteiger partial charge in [0.1, 0.15) is 0 Å². The zero-order chi connectivity index (χ0) is 20.6. The van der Waals surface area contributed by atoms with Crippen LogP contribution in [0.3, 0.4) is 0 Å². The van der Waals surface area contributed by atoms with Gasteiger partial charge in [-0.05, 0) is 56.1 Å². The number of benzene rings is 1. The molecule has 0 radical (unpaired) electrons. The number of aliphatic hydroxyl groups excluding tert-OH is 1. The summed E-state index contributed by atoms with van der Waals surface area (Å²) in [5, 5.41) is 13.2. The lowest BCUT2D eigenvalue weighted by molar-refractivity contribution is -0.232. The molecule has 2 amide bonds. The summed E-state index contributed by atoms with van der Waals surface area (Å²) in [6, 6.07) is 4.27. The molecule has 4 nitrogen and oxygen atoms in total. The number of alkyl halides is 3. The van der Waals surface area contributed by atoms with Crippen molar-refractivity contribution in [2.45, 2.75) is 50.9 Å². The zero-order valence-corrected chi connectivity index (χ0v) is 16.9. The van der Waals surface area contributed by atoms with E-state index in [9.17, 15) is 23.1 Å². The van der Waals surface area contributed by atoms with E-state index in [1.54, 1.807) is 23.1 Å². The number of urea groups is 1. The average molecular weight is 439 g/mol. The minimum atomic E-state index is -4.62. The maximum atomic E-state index is 13.1. The number of aliphatic hydroxyl groups is 1. The molecule has 1 heterocycles. The van der Waals surface area contributed by atoms with E-state index in [0.29, 0.717) is 41.5 Å². The fraction of sp³-hybridized carbons (Fsp3) is 0.632. The molecule has 1 saturated heterocycles. The zero-order valence-electron chi connectivity index (χ0n) is 15.3. The largest absolute Gasteiger partial charge is 0.414 e. The number of fused-ring (bicyclic) bond motifs is 1. The molecule has 1 aliphatic heterocycles. The smallest absolute Gasteiger partial charge is 0.383 e. The van der Waals surface area contributed by atoms with Crippen molar-refractivity contribution in [3.8, 4) is 0 Å². The third-order valence-electron chi connectivity index (χ3n) is 6.19. The molecule has 28 heavy (non-hydrogen) atoms. The van der Waals surface area contributed by atoms with Crippen LogP contribution in [-0.4, -0.2) is 40.9 Å².